The second-order valence-corrected chi connectivity index (χ2v) is 16.4. The summed E-state index contributed by atoms with van der Waals surface area (Å²) in [6.45, 7) is 0. The van der Waals surface area contributed by atoms with Crippen molar-refractivity contribution < 1.29 is 0 Å². The largest absolute Gasteiger partial charge is 0.309 e. The second-order valence-electron chi connectivity index (χ2n) is 16.4. The van der Waals surface area contributed by atoms with Crippen molar-refractivity contribution in [2.24, 2.45) is 0 Å². The first-order valence-corrected chi connectivity index (χ1v) is 21.8. The summed E-state index contributed by atoms with van der Waals surface area (Å²) in [4.78, 5) is 9.66. The Morgan fingerprint density at radius 3 is 1.36 bits per heavy atom. The lowest BCUT2D eigenvalue weighted by atomic mass is 9.97. The second kappa shape index (κ2) is 15.8. The van der Waals surface area contributed by atoms with Crippen LogP contribution in [0.15, 0.2) is 219 Å². The molecule has 12 aromatic rings. The highest BCUT2D eigenvalue weighted by molar-refractivity contribution is 6.13. The fourth-order valence-electron chi connectivity index (χ4n) is 9.75. The average molecular weight is 841 g/mol. The molecule has 0 spiro atoms. The van der Waals surface area contributed by atoms with Gasteiger partial charge in [0.15, 0.2) is 0 Å². The lowest BCUT2D eigenvalue weighted by molar-refractivity contribution is 1.14. The van der Waals surface area contributed by atoms with E-state index in [4.69, 9.17) is 9.97 Å². The minimum atomic E-state index is 0.515. The molecule has 0 radical (unpaired) electrons. The molecule has 8 aromatic carbocycles. The number of fused-ring (bicyclic) bond motifs is 6. The monoisotopic (exact) mass is 840 g/mol. The zero-order valence-electron chi connectivity index (χ0n) is 35.5. The molecule has 0 saturated carbocycles. The van der Waals surface area contributed by atoms with Gasteiger partial charge in [0.25, 0.3) is 0 Å². The summed E-state index contributed by atoms with van der Waals surface area (Å²) in [6.07, 6.45) is 3.68. The van der Waals surface area contributed by atoms with Crippen molar-refractivity contribution in [2.45, 2.75) is 0 Å². The van der Waals surface area contributed by atoms with Crippen molar-refractivity contribution in [3.8, 4) is 79.4 Å². The van der Waals surface area contributed by atoms with Crippen molar-refractivity contribution in [3.05, 3.63) is 230 Å². The normalized spacial score (nSPS) is 11.3. The standard InChI is InChI=1S/C60H36N6/c61-37-39-14-11-19-42(32-39)50-36-57(65-53-24-9-7-20-48(53)51-33-43(26-28-55(51)65)46-22-12-30-63-59(46)40-15-3-1-4-16-40)45(38-62)35-58(50)66-54-25-10-8-21-49(54)52-34-44(27-29-56(52)66)47-23-13-31-64-60(47)41-17-5-2-6-18-41/h1-36H. The number of benzene rings is 8. The molecule has 0 atom stereocenters. The quantitative estimate of drug-likeness (QED) is 0.160. The van der Waals surface area contributed by atoms with Gasteiger partial charge >= 0.3 is 0 Å². The summed E-state index contributed by atoms with van der Waals surface area (Å²) < 4.78 is 4.48. The van der Waals surface area contributed by atoms with Crippen molar-refractivity contribution >= 4 is 43.6 Å². The number of aromatic nitrogens is 4. The van der Waals surface area contributed by atoms with Crippen LogP contribution >= 0.6 is 0 Å². The van der Waals surface area contributed by atoms with E-state index in [1.807, 2.05) is 97.3 Å². The Labute approximate surface area is 380 Å². The van der Waals surface area contributed by atoms with Crippen LogP contribution in [0.1, 0.15) is 11.1 Å². The fourth-order valence-corrected chi connectivity index (χ4v) is 9.75. The predicted molar refractivity (Wildman–Crippen MR) is 267 cm³/mol. The van der Waals surface area contributed by atoms with Crippen molar-refractivity contribution in [3.63, 3.8) is 0 Å². The molecule has 0 N–H and O–H groups in total. The minimum Gasteiger partial charge on any atom is -0.309 e. The van der Waals surface area contributed by atoms with E-state index in [1.54, 1.807) is 0 Å². The lowest BCUT2D eigenvalue weighted by Crippen LogP contribution is -2.04. The zero-order chi connectivity index (χ0) is 44.1. The van der Waals surface area contributed by atoms with Crippen LogP contribution in [0.5, 0.6) is 0 Å². The molecule has 0 aliphatic heterocycles. The number of rotatable bonds is 7. The maximum atomic E-state index is 11.2. The molecular weight excluding hydrogens is 805 g/mol. The van der Waals surface area contributed by atoms with Gasteiger partial charge in [-0.25, -0.2) is 0 Å². The third-order valence-electron chi connectivity index (χ3n) is 12.7. The number of nitriles is 2. The van der Waals surface area contributed by atoms with Gasteiger partial charge < -0.3 is 9.13 Å². The van der Waals surface area contributed by atoms with E-state index < -0.39 is 0 Å². The molecule has 0 unspecified atom stereocenters. The molecule has 0 bridgehead atoms. The Balaban J connectivity index is 1.10. The number of nitrogens with zero attached hydrogens (tertiary/aromatic N) is 6. The molecular formula is C60H36N6. The summed E-state index contributed by atoms with van der Waals surface area (Å²) in [5, 5.41) is 25.7. The van der Waals surface area contributed by atoms with Crippen LogP contribution in [0.4, 0.5) is 0 Å². The average Bonchev–Trinajstić information content (AvgIpc) is 3.90. The summed E-state index contributed by atoms with van der Waals surface area (Å²) in [5.74, 6) is 0. The van der Waals surface area contributed by atoms with Gasteiger partial charge in [-0.2, -0.15) is 10.5 Å². The van der Waals surface area contributed by atoms with E-state index in [2.05, 4.69) is 143 Å². The molecule has 0 aliphatic rings. The van der Waals surface area contributed by atoms with E-state index in [0.29, 0.717) is 11.1 Å². The Kier molecular flexibility index (Phi) is 9.16. The highest BCUT2D eigenvalue weighted by Gasteiger charge is 2.23. The highest BCUT2D eigenvalue weighted by Crippen LogP contribution is 2.43. The van der Waals surface area contributed by atoms with Gasteiger partial charge in [-0.15, -0.1) is 0 Å². The Morgan fingerprint density at radius 1 is 0.333 bits per heavy atom. The van der Waals surface area contributed by atoms with Crippen LogP contribution in [0.3, 0.4) is 0 Å². The van der Waals surface area contributed by atoms with Gasteiger partial charge in [0.1, 0.15) is 6.07 Å². The minimum absolute atomic E-state index is 0.515. The maximum absolute atomic E-state index is 11.2. The Morgan fingerprint density at radius 2 is 0.818 bits per heavy atom. The van der Waals surface area contributed by atoms with Gasteiger partial charge in [0.2, 0.25) is 0 Å². The molecule has 12 rings (SSSR count). The topological polar surface area (TPSA) is 83.2 Å². The molecule has 0 fully saturated rings. The molecule has 4 aromatic heterocycles. The lowest BCUT2D eigenvalue weighted by Gasteiger charge is -2.19. The summed E-state index contributed by atoms with van der Waals surface area (Å²) in [6, 6.07) is 75.6. The van der Waals surface area contributed by atoms with Gasteiger partial charge in [-0.05, 0) is 89.5 Å². The molecule has 0 amide bonds. The summed E-state index contributed by atoms with van der Waals surface area (Å²) in [5.41, 5.74) is 16.5. The first-order valence-electron chi connectivity index (χ1n) is 21.8. The van der Waals surface area contributed by atoms with Crippen LogP contribution < -0.4 is 0 Å². The SMILES string of the molecule is N#Cc1cccc(-c2cc(-n3c4ccccc4c4cc(-c5cccnc5-c5ccccc5)ccc43)c(C#N)cc2-n2c3ccccc3c3cc(-c4cccnc4-c4ccccc4)ccc32)c1. The Bertz CT molecular complexity index is 3960. The molecule has 6 heteroatoms. The summed E-state index contributed by atoms with van der Waals surface area (Å²) >= 11 is 0. The number of pyridine rings is 2. The van der Waals surface area contributed by atoms with E-state index in [9.17, 15) is 10.5 Å². The van der Waals surface area contributed by atoms with E-state index in [0.717, 1.165) is 111 Å². The molecule has 66 heavy (non-hydrogen) atoms. The maximum Gasteiger partial charge on any atom is 0.101 e. The van der Waals surface area contributed by atoms with Crippen LogP contribution in [0.2, 0.25) is 0 Å². The van der Waals surface area contributed by atoms with E-state index in [-0.39, 0.29) is 0 Å². The Hall–Kier alpha value is -9.36. The molecule has 0 aliphatic carbocycles. The fraction of sp³-hybridized carbons (Fsp3) is 0. The van der Waals surface area contributed by atoms with E-state index >= 15 is 0 Å². The number of para-hydroxylation sites is 2. The molecule has 306 valence electrons. The van der Waals surface area contributed by atoms with Crippen molar-refractivity contribution in [1.82, 2.24) is 19.1 Å². The van der Waals surface area contributed by atoms with Crippen LogP contribution in [-0.4, -0.2) is 19.1 Å². The van der Waals surface area contributed by atoms with Crippen LogP contribution in [-0.2, 0) is 0 Å². The number of hydrogen-bond donors (Lipinski definition) is 0. The first kappa shape index (κ1) is 38.3. The van der Waals surface area contributed by atoms with Crippen LogP contribution in [0, 0.1) is 22.7 Å². The third-order valence-corrected chi connectivity index (χ3v) is 12.7. The first-order chi connectivity index (χ1) is 32.7. The third kappa shape index (κ3) is 6.25. The van der Waals surface area contributed by atoms with Gasteiger partial charge in [-0.3, -0.25) is 9.97 Å². The van der Waals surface area contributed by atoms with Crippen molar-refractivity contribution in [1.29, 1.82) is 10.5 Å². The van der Waals surface area contributed by atoms with Crippen molar-refractivity contribution in [2.75, 3.05) is 0 Å². The summed E-state index contributed by atoms with van der Waals surface area (Å²) in [7, 11) is 0. The van der Waals surface area contributed by atoms with Crippen LogP contribution in [0.25, 0.3) is 111 Å². The highest BCUT2D eigenvalue weighted by atomic mass is 15.0. The number of hydrogen-bond acceptors (Lipinski definition) is 4. The van der Waals surface area contributed by atoms with Gasteiger partial charge in [0.05, 0.1) is 62.0 Å². The molecule has 6 nitrogen and oxygen atoms in total. The predicted octanol–water partition coefficient (Wildman–Crippen LogP) is 14.7. The van der Waals surface area contributed by atoms with Gasteiger partial charge in [-0.1, -0.05) is 133 Å². The van der Waals surface area contributed by atoms with Gasteiger partial charge in [0, 0.05) is 61.8 Å². The zero-order valence-corrected chi connectivity index (χ0v) is 35.5. The van der Waals surface area contributed by atoms with E-state index in [1.165, 1.54) is 0 Å². The molecule has 0 saturated heterocycles. The smallest absolute Gasteiger partial charge is 0.101 e. The molecule has 4 heterocycles.